The van der Waals surface area contributed by atoms with E-state index in [9.17, 15) is 22.4 Å². The van der Waals surface area contributed by atoms with E-state index < -0.39 is 23.7 Å². The largest absolute Gasteiger partial charge is 0.369 e. The topological polar surface area (TPSA) is 42.9 Å². The molecule has 0 aliphatic rings. The van der Waals surface area contributed by atoms with Gasteiger partial charge in [-0.3, -0.25) is 4.79 Å². The lowest BCUT2D eigenvalue weighted by atomic mass is 10.1. The number of rotatable bonds is 3. The van der Waals surface area contributed by atoms with Crippen molar-refractivity contribution in [2.45, 2.75) is 12.3 Å². The first kappa shape index (κ1) is 10.6. The summed E-state index contributed by atoms with van der Waals surface area (Å²) in [5.74, 6) is -6.67. The lowest BCUT2D eigenvalue weighted by Crippen LogP contribution is -2.36. The van der Waals surface area contributed by atoms with Crippen molar-refractivity contribution in [3.63, 3.8) is 0 Å². The Balaban J connectivity index is 2.97. The molecule has 0 aromatic carbocycles. The molecule has 0 unspecified atom stereocenters. The quantitative estimate of drug-likeness (QED) is 0.559. The number of hydrogen-bond acceptors (Lipinski definition) is 3. The van der Waals surface area contributed by atoms with Gasteiger partial charge in [0.1, 0.15) is 6.33 Å². The highest BCUT2D eigenvalue weighted by Gasteiger charge is 2.49. The fourth-order valence-electron chi connectivity index (χ4n) is 0.708. The lowest BCUT2D eigenvalue weighted by Gasteiger charge is -2.12. The van der Waals surface area contributed by atoms with E-state index in [1.54, 1.807) is 0 Å². The van der Waals surface area contributed by atoms with Gasteiger partial charge in [0.15, 0.2) is 0 Å². The van der Waals surface area contributed by atoms with E-state index in [2.05, 4.69) is 9.97 Å². The van der Waals surface area contributed by atoms with Crippen molar-refractivity contribution in [2.24, 2.45) is 0 Å². The lowest BCUT2D eigenvalue weighted by molar-refractivity contribution is -0.0958. The van der Waals surface area contributed by atoms with E-state index in [1.807, 2.05) is 0 Å². The summed E-state index contributed by atoms with van der Waals surface area (Å²) >= 11 is 0. The van der Waals surface area contributed by atoms with Gasteiger partial charge >= 0.3 is 12.3 Å². The molecule has 1 aromatic rings. The summed E-state index contributed by atoms with van der Waals surface area (Å²) in [4.78, 5) is 17.3. The van der Waals surface area contributed by atoms with Gasteiger partial charge in [-0.1, -0.05) is 0 Å². The number of carbonyl (C=O) groups excluding carboxylic acids is 1. The normalized spacial score (nSPS) is 11.8. The second-order valence-corrected chi connectivity index (χ2v) is 2.38. The van der Waals surface area contributed by atoms with E-state index in [-0.39, 0.29) is 0 Å². The zero-order valence-corrected chi connectivity index (χ0v) is 6.62. The van der Waals surface area contributed by atoms with Crippen molar-refractivity contribution in [1.82, 2.24) is 9.97 Å². The molecule has 1 heterocycles. The number of aromatic nitrogens is 2. The molecule has 0 bridgehead atoms. The smallest absolute Gasteiger partial charge is 0.287 e. The van der Waals surface area contributed by atoms with Crippen molar-refractivity contribution in [3.05, 3.63) is 24.3 Å². The average molecular weight is 208 g/mol. The van der Waals surface area contributed by atoms with Gasteiger partial charge < -0.3 is 0 Å². The van der Waals surface area contributed by atoms with Crippen LogP contribution in [0.2, 0.25) is 0 Å². The minimum atomic E-state index is -4.69. The Labute approximate surface area is 75.8 Å². The van der Waals surface area contributed by atoms with Crippen LogP contribution in [0.5, 0.6) is 0 Å². The summed E-state index contributed by atoms with van der Waals surface area (Å²) in [5, 5.41) is 0. The molecule has 0 atom stereocenters. The van der Waals surface area contributed by atoms with Crippen molar-refractivity contribution in [2.75, 3.05) is 0 Å². The highest BCUT2D eigenvalue weighted by molar-refractivity contribution is 6.01. The van der Waals surface area contributed by atoms with Crippen LogP contribution < -0.4 is 0 Å². The van der Waals surface area contributed by atoms with E-state index >= 15 is 0 Å². The number of nitrogens with zero attached hydrogens (tertiary/aromatic N) is 2. The van der Waals surface area contributed by atoms with Gasteiger partial charge in [0.25, 0.3) is 0 Å². The number of ketones is 1. The van der Waals surface area contributed by atoms with Crippen LogP contribution in [0.4, 0.5) is 17.6 Å². The Kier molecular flexibility index (Phi) is 2.78. The Morgan fingerprint density at radius 1 is 1.29 bits per heavy atom. The average Bonchev–Trinajstić information content (AvgIpc) is 2.17. The molecule has 0 saturated carbocycles. The fourth-order valence-corrected chi connectivity index (χ4v) is 0.708. The van der Waals surface area contributed by atoms with Gasteiger partial charge in [-0.15, -0.1) is 0 Å². The van der Waals surface area contributed by atoms with E-state index in [0.717, 1.165) is 18.7 Å². The van der Waals surface area contributed by atoms with Crippen LogP contribution >= 0.6 is 0 Å². The Morgan fingerprint density at radius 2 is 1.79 bits per heavy atom. The molecule has 3 nitrogen and oxygen atoms in total. The maximum Gasteiger partial charge on any atom is 0.369 e. The van der Waals surface area contributed by atoms with Gasteiger partial charge in [-0.2, -0.15) is 8.78 Å². The van der Waals surface area contributed by atoms with Gasteiger partial charge in [0.05, 0.1) is 5.56 Å². The molecule has 0 aliphatic carbocycles. The SMILES string of the molecule is O=C(c1cncnc1)C(F)(F)C(F)F. The summed E-state index contributed by atoms with van der Waals surface area (Å²) in [6, 6.07) is 0. The zero-order valence-electron chi connectivity index (χ0n) is 6.62. The molecule has 7 heteroatoms. The summed E-state index contributed by atoms with van der Waals surface area (Å²) in [6.45, 7) is 0. The first-order valence-corrected chi connectivity index (χ1v) is 3.42. The predicted octanol–water partition coefficient (Wildman–Crippen LogP) is 1.56. The van der Waals surface area contributed by atoms with Crippen LogP contribution in [0, 0.1) is 0 Å². The molecule has 76 valence electrons. The van der Waals surface area contributed by atoms with Crippen LogP contribution in [0.3, 0.4) is 0 Å². The molecule has 0 spiro atoms. The molecule has 1 aromatic heterocycles. The monoisotopic (exact) mass is 208 g/mol. The molecule has 0 aliphatic heterocycles. The minimum Gasteiger partial charge on any atom is -0.287 e. The highest BCUT2D eigenvalue weighted by Crippen LogP contribution is 2.26. The number of halogens is 4. The number of alkyl halides is 4. The molecule has 0 amide bonds. The zero-order chi connectivity index (χ0) is 10.8. The fraction of sp³-hybridized carbons (Fsp3) is 0.286. The van der Waals surface area contributed by atoms with Gasteiger partial charge in [-0.25, -0.2) is 18.7 Å². The molecular formula is C7H4F4N2O. The molecule has 0 N–H and O–H groups in total. The molecule has 1 rings (SSSR count). The summed E-state index contributed by atoms with van der Waals surface area (Å²) in [5.41, 5.74) is -0.641. The van der Waals surface area contributed by atoms with Crippen molar-refractivity contribution in [3.8, 4) is 0 Å². The third-order valence-electron chi connectivity index (χ3n) is 1.40. The van der Waals surface area contributed by atoms with Gasteiger partial charge in [-0.05, 0) is 0 Å². The Bertz CT molecular complexity index is 328. The number of Topliss-reactive ketones (excluding diaryl/α,β-unsaturated/α-hetero) is 1. The van der Waals surface area contributed by atoms with Crippen molar-refractivity contribution in [1.29, 1.82) is 0 Å². The Hall–Kier alpha value is -1.53. The first-order valence-electron chi connectivity index (χ1n) is 3.42. The first-order chi connectivity index (χ1) is 6.46. The van der Waals surface area contributed by atoms with Crippen molar-refractivity contribution < 1.29 is 22.4 Å². The van der Waals surface area contributed by atoms with E-state index in [0.29, 0.717) is 0 Å². The second kappa shape index (κ2) is 3.69. The molecule has 14 heavy (non-hydrogen) atoms. The van der Waals surface area contributed by atoms with Crippen LogP contribution in [0.15, 0.2) is 18.7 Å². The maximum absolute atomic E-state index is 12.5. The second-order valence-electron chi connectivity index (χ2n) is 2.38. The van der Waals surface area contributed by atoms with Crippen LogP contribution in [-0.4, -0.2) is 28.1 Å². The molecule has 0 radical (unpaired) electrons. The third kappa shape index (κ3) is 1.86. The van der Waals surface area contributed by atoms with E-state index in [4.69, 9.17) is 0 Å². The van der Waals surface area contributed by atoms with Crippen molar-refractivity contribution >= 4 is 5.78 Å². The minimum absolute atomic E-state index is 0.641. The number of carbonyl (C=O) groups is 1. The number of hydrogen-bond donors (Lipinski definition) is 0. The molecule has 0 saturated heterocycles. The standard InChI is InChI=1S/C7H4F4N2O/c8-6(9)7(10,11)5(14)4-1-12-3-13-2-4/h1-3,6H. The molecule has 0 fully saturated rings. The summed E-state index contributed by atoms with van der Waals surface area (Å²) < 4.78 is 48.4. The summed E-state index contributed by atoms with van der Waals surface area (Å²) in [6.07, 6.45) is -1.52. The van der Waals surface area contributed by atoms with Crippen LogP contribution in [-0.2, 0) is 0 Å². The summed E-state index contributed by atoms with van der Waals surface area (Å²) in [7, 11) is 0. The van der Waals surface area contributed by atoms with E-state index in [1.165, 1.54) is 0 Å². The Morgan fingerprint density at radius 3 is 2.21 bits per heavy atom. The van der Waals surface area contributed by atoms with Gasteiger partial charge in [0.2, 0.25) is 5.78 Å². The predicted molar refractivity (Wildman–Crippen MR) is 37.3 cm³/mol. The van der Waals surface area contributed by atoms with Crippen LogP contribution in [0.1, 0.15) is 10.4 Å². The maximum atomic E-state index is 12.5. The highest BCUT2D eigenvalue weighted by atomic mass is 19.3. The third-order valence-corrected chi connectivity index (χ3v) is 1.40. The van der Waals surface area contributed by atoms with Crippen LogP contribution in [0.25, 0.3) is 0 Å². The molecular weight excluding hydrogens is 204 g/mol. The van der Waals surface area contributed by atoms with Gasteiger partial charge in [0, 0.05) is 12.4 Å².